The van der Waals surface area contributed by atoms with Crippen LogP contribution in [0.25, 0.3) is 0 Å². The molecule has 0 fully saturated rings. The van der Waals surface area contributed by atoms with Crippen molar-refractivity contribution in [2.75, 3.05) is 13.6 Å². The quantitative estimate of drug-likeness (QED) is 0.517. The van der Waals surface area contributed by atoms with E-state index in [1.807, 2.05) is 7.05 Å². The Labute approximate surface area is 110 Å². The van der Waals surface area contributed by atoms with Crippen molar-refractivity contribution in [3.05, 3.63) is 13.8 Å². The second-order valence-electron chi connectivity index (χ2n) is 2.21. The monoisotopic (exact) mass is 526 g/mol. The topological polar surface area (TPSA) is 55.1 Å². The first kappa shape index (κ1) is 23.6. The molecule has 0 amide bonds. The summed E-state index contributed by atoms with van der Waals surface area (Å²) in [5.41, 5.74) is 5.02. The average Bonchev–Trinajstić information content (AvgIpc) is 1.90. The molecule has 13 heavy (non-hydrogen) atoms. The summed E-state index contributed by atoms with van der Waals surface area (Å²) in [7, 11) is 1.92. The van der Waals surface area contributed by atoms with E-state index in [0.717, 1.165) is 13.0 Å². The zero-order valence-electron chi connectivity index (χ0n) is 8.21. The van der Waals surface area contributed by atoms with Gasteiger partial charge in [0.05, 0.1) is 0 Å². The van der Waals surface area contributed by atoms with E-state index in [1.165, 1.54) is 0 Å². The van der Waals surface area contributed by atoms with Gasteiger partial charge in [0.25, 0.3) is 0 Å². The minimum atomic E-state index is -0.398. The number of carbonyl (C=O) groups is 1. The summed E-state index contributed by atoms with van der Waals surface area (Å²) in [6.07, 6.45) is 0.983. The summed E-state index contributed by atoms with van der Waals surface area (Å²) in [4.78, 5) is 9.91. The average molecular weight is 526 g/mol. The summed E-state index contributed by atoms with van der Waals surface area (Å²) in [6, 6.07) is -0.398. The van der Waals surface area contributed by atoms with Crippen LogP contribution in [0.3, 0.4) is 0 Å². The number of ketones is 1. The van der Waals surface area contributed by atoms with Gasteiger partial charge in [-0.05, 0) is 20.5 Å². The molecule has 0 bridgehead atoms. The summed E-state index contributed by atoms with van der Waals surface area (Å²) < 4.78 is 0. The van der Waals surface area contributed by atoms with Crippen molar-refractivity contribution in [3.63, 3.8) is 0 Å². The van der Waals surface area contributed by atoms with E-state index in [2.05, 4.69) is 19.2 Å². The number of nitrogens with two attached hydrogens (primary N) is 1. The first-order chi connectivity index (χ1) is 5.06. The van der Waals surface area contributed by atoms with Crippen LogP contribution < -0.4 is 11.1 Å². The van der Waals surface area contributed by atoms with Crippen molar-refractivity contribution < 1.29 is 46.9 Å². The molecule has 78 valence electrons. The van der Waals surface area contributed by atoms with Gasteiger partial charge in [0.1, 0.15) is 0 Å². The summed E-state index contributed by atoms with van der Waals surface area (Å²) in [6.45, 7) is 9.32. The molecule has 0 aliphatic heterocycles. The number of Topliss-reactive ketones (excluding diaryl/α,β-unsaturated/α-hetero) is 1. The molecule has 0 aliphatic carbocycles. The molecule has 0 aliphatic rings. The van der Waals surface area contributed by atoms with Crippen LogP contribution in [0.15, 0.2) is 0 Å². The third-order valence-electron chi connectivity index (χ3n) is 0.935. The molecule has 0 saturated carbocycles. The first-order valence-corrected chi connectivity index (χ1v) is 3.61. The zero-order valence-corrected chi connectivity index (χ0v) is 14.1. The summed E-state index contributed by atoms with van der Waals surface area (Å²) in [5.74, 6) is -0.213. The molecule has 0 aromatic rings. The molecular weight excluding hydrogens is 508 g/mol. The van der Waals surface area contributed by atoms with Crippen LogP contribution in [-0.4, -0.2) is 25.4 Å². The minimum Gasteiger partial charge on any atom is -0.342 e. The van der Waals surface area contributed by atoms with Crippen molar-refractivity contribution >= 4 is 5.78 Å². The molecule has 0 saturated heterocycles. The second kappa shape index (κ2) is 18.6. The molecular formula is C8H18N2OW2. The standard InChI is InChI=1S/C4H8NO.C4H10N.2W/c1-3(5)4(2)6;1-3-4-5-2;;/h3H,2,5H2,1H3;5H,1,3-4H2,2H3;;/q2*-1;;+2/t3-;;;/m0.../s1. The minimum absolute atomic E-state index is 0. The van der Waals surface area contributed by atoms with Crippen molar-refractivity contribution in [1.82, 2.24) is 5.32 Å². The van der Waals surface area contributed by atoms with Crippen molar-refractivity contribution in [1.29, 1.82) is 0 Å². The Morgan fingerprint density at radius 2 is 1.92 bits per heavy atom. The van der Waals surface area contributed by atoms with E-state index < -0.39 is 6.04 Å². The van der Waals surface area contributed by atoms with Gasteiger partial charge in [-0.25, -0.2) is 0 Å². The maximum atomic E-state index is 9.91. The van der Waals surface area contributed by atoms with Crippen LogP contribution in [0, 0.1) is 13.8 Å². The molecule has 0 spiro atoms. The van der Waals surface area contributed by atoms with Crippen LogP contribution >= 0.6 is 0 Å². The van der Waals surface area contributed by atoms with Crippen molar-refractivity contribution in [2.24, 2.45) is 5.73 Å². The SMILES string of the molecule is [CH2-]C(=O)[C@H](C)N.[CH2-]CCNC.[W+2].[W]. The fraction of sp³-hybridized carbons (Fsp3) is 0.625. The van der Waals surface area contributed by atoms with Crippen LogP contribution in [-0.2, 0) is 46.9 Å². The number of hydrogen-bond donors (Lipinski definition) is 2. The Hall–Kier alpha value is 0.837. The maximum Gasteiger partial charge on any atom is 2.00 e. The zero-order chi connectivity index (χ0) is 9.28. The number of carbonyl (C=O) groups excluding carboxylic acids is 1. The normalized spacial score (nSPS) is 9.54. The van der Waals surface area contributed by atoms with Crippen molar-refractivity contribution in [2.45, 2.75) is 19.4 Å². The van der Waals surface area contributed by atoms with Crippen LogP contribution in [0.1, 0.15) is 13.3 Å². The Morgan fingerprint density at radius 1 is 1.62 bits per heavy atom. The largest absolute Gasteiger partial charge is 2.00 e. The van der Waals surface area contributed by atoms with Crippen LogP contribution in [0.2, 0.25) is 0 Å². The van der Waals surface area contributed by atoms with Crippen LogP contribution in [0.4, 0.5) is 0 Å². The van der Waals surface area contributed by atoms with Gasteiger partial charge in [-0.3, -0.25) is 0 Å². The summed E-state index contributed by atoms with van der Waals surface area (Å²) in [5, 5.41) is 2.95. The first-order valence-electron chi connectivity index (χ1n) is 3.61. The van der Waals surface area contributed by atoms with E-state index >= 15 is 0 Å². The predicted molar refractivity (Wildman–Crippen MR) is 47.9 cm³/mol. The molecule has 5 heteroatoms. The van der Waals surface area contributed by atoms with Crippen LogP contribution in [0.5, 0.6) is 0 Å². The molecule has 0 aromatic carbocycles. The van der Waals surface area contributed by atoms with Gasteiger partial charge < -0.3 is 29.7 Å². The number of rotatable bonds is 3. The third kappa shape index (κ3) is 32.3. The molecule has 0 aromatic heterocycles. The molecule has 0 rings (SSSR count). The van der Waals surface area contributed by atoms with Gasteiger partial charge in [0.2, 0.25) is 0 Å². The Kier molecular flexibility index (Phi) is 33.7. The smallest absolute Gasteiger partial charge is 0.342 e. The predicted octanol–water partition coefficient (Wildman–Crippen LogP) is 0.162. The fourth-order valence-electron chi connectivity index (χ4n) is 0.177. The second-order valence-corrected chi connectivity index (χ2v) is 2.21. The van der Waals surface area contributed by atoms with Gasteiger partial charge in [-0.15, -0.1) is 0 Å². The molecule has 3 nitrogen and oxygen atoms in total. The molecule has 1 atom stereocenters. The van der Waals surface area contributed by atoms with Gasteiger partial charge in [0, 0.05) is 32.9 Å². The third-order valence-corrected chi connectivity index (χ3v) is 0.935. The van der Waals surface area contributed by atoms with E-state index in [-0.39, 0.29) is 47.9 Å². The molecule has 0 radical (unpaired) electrons. The van der Waals surface area contributed by atoms with E-state index in [1.54, 1.807) is 6.92 Å². The Balaban J connectivity index is -0.0000000546. The number of hydrogen-bond acceptors (Lipinski definition) is 3. The van der Waals surface area contributed by atoms with Gasteiger partial charge in [-0.1, -0.05) is 0 Å². The van der Waals surface area contributed by atoms with E-state index in [9.17, 15) is 4.79 Å². The molecule has 3 N–H and O–H groups in total. The van der Waals surface area contributed by atoms with Gasteiger partial charge in [0.15, 0.2) is 0 Å². The van der Waals surface area contributed by atoms with Crippen molar-refractivity contribution in [3.8, 4) is 0 Å². The fourth-order valence-corrected chi connectivity index (χ4v) is 0.177. The Bertz CT molecular complexity index is 98.1. The Morgan fingerprint density at radius 3 is 1.92 bits per heavy atom. The summed E-state index contributed by atoms with van der Waals surface area (Å²) >= 11 is 0. The van der Waals surface area contributed by atoms with Gasteiger partial charge in [-0.2, -0.15) is 6.42 Å². The maximum absolute atomic E-state index is 9.91. The number of nitrogens with one attached hydrogen (secondary N) is 1. The molecule has 0 heterocycles. The van der Waals surface area contributed by atoms with Gasteiger partial charge >= 0.3 is 21.1 Å². The van der Waals surface area contributed by atoms with E-state index in [4.69, 9.17) is 5.73 Å². The van der Waals surface area contributed by atoms with E-state index in [0.29, 0.717) is 0 Å². The molecule has 0 unspecified atom stereocenters.